The molecule has 136 valence electrons. The standard InChI is InChI=1S/C19H36O4/c1-4-7-8-12-15-22-18(20)13-10-9-11-14-19(21)23-16-17(5-2)6-3/h17H,4-16H2,1-3H3. The van der Waals surface area contributed by atoms with Crippen molar-refractivity contribution in [2.24, 2.45) is 5.92 Å². The monoisotopic (exact) mass is 328 g/mol. The predicted octanol–water partition coefficient (Wildman–Crippen LogP) is 5.04. The number of carbonyl (C=O) groups is 2. The highest BCUT2D eigenvalue weighted by Crippen LogP contribution is 2.10. The molecule has 0 bridgehead atoms. The summed E-state index contributed by atoms with van der Waals surface area (Å²) in [4.78, 5) is 23.1. The quantitative estimate of drug-likeness (QED) is 0.312. The van der Waals surface area contributed by atoms with E-state index in [2.05, 4.69) is 20.8 Å². The zero-order valence-corrected chi connectivity index (χ0v) is 15.4. The van der Waals surface area contributed by atoms with Crippen LogP contribution in [0.25, 0.3) is 0 Å². The summed E-state index contributed by atoms with van der Waals surface area (Å²) in [5.41, 5.74) is 0. The van der Waals surface area contributed by atoms with Crippen molar-refractivity contribution in [1.82, 2.24) is 0 Å². The van der Waals surface area contributed by atoms with Gasteiger partial charge in [0.25, 0.3) is 0 Å². The van der Waals surface area contributed by atoms with Crippen molar-refractivity contribution < 1.29 is 19.1 Å². The van der Waals surface area contributed by atoms with Gasteiger partial charge in [-0.3, -0.25) is 9.59 Å². The summed E-state index contributed by atoms with van der Waals surface area (Å²) in [6.07, 6.45) is 9.91. The molecule has 0 heterocycles. The molecule has 0 unspecified atom stereocenters. The summed E-state index contributed by atoms with van der Waals surface area (Å²) in [5, 5.41) is 0. The fourth-order valence-electron chi connectivity index (χ4n) is 2.31. The number of hydrogen-bond donors (Lipinski definition) is 0. The number of hydrogen-bond acceptors (Lipinski definition) is 4. The molecule has 0 aliphatic heterocycles. The van der Waals surface area contributed by atoms with Crippen LogP contribution < -0.4 is 0 Å². The van der Waals surface area contributed by atoms with Gasteiger partial charge in [-0.25, -0.2) is 0 Å². The van der Waals surface area contributed by atoms with E-state index in [-0.39, 0.29) is 11.9 Å². The average molecular weight is 328 g/mol. The second-order valence-electron chi connectivity index (χ2n) is 6.21. The van der Waals surface area contributed by atoms with Gasteiger partial charge in [-0.15, -0.1) is 0 Å². The highest BCUT2D eigenvalue weighted by atomic mass is 16.5. The van der Waals surface area contributed by atoms with Crippen LogP contribution in [0.1, 0.15) is 91.4 Å². The first-order valence-corrected chi connectivity index (χ1v) is 9.45. The third-order valence-electron chi connectivity index (χ3n) is 4.16. The van der Waals surface area contributed by atoms with E-state index in [1.165, 1.54) is 12.8 Å². The highest BCUT2D eigenvalue weighted by Gasteiger charge is 2.08. The topological polar surface area (TPSA) is 52.6 Å². The lowest BCUT2D eigenvalue weighted by molar-refractivity contribution is -0.145. The Morgan fingerprint density at radius 2 is 1.30 bits per heavy atom. The summed E-state index contributed by atoms with van der Waals surface area (Å²) < 4.78 is 10.4. The molecule has 0 atom stereocenters. The van der Waals surface area contributed by atoms with E-state index in [1.807, 2.05) is 0 Å². The molecule has 0 amide bonds. The zero-order valence-electron chi connectivity index (χ0n) is 15.4. The largest absolute Gasteiger partial charge is 0.466 e. The van der Waals surface area contributed by atoms with Crippen LogP contribution in [0.15, 0.2) is 0 Å². The number of esters is 2. The zero-order chi connectivity index (χ0) is 17.3. The van der Waals surface area contributed by atoms with Crippen LogP contribution in [-0.2, 0) is 19.1 Å². The van der Waals surface area contributed by atoms with Crippen molar-refractivity contribution in [3.05, 3.63) is 0 Å². The normalized spacial score (nSPS) is 10.8. The Bertz CT molecular complexity index is 298. The molecular formula is C19H36O4. The van der Waals surface area contributed by atoms with E-state index in [0.29, 0.717) is 32.0 Å². The lowest BCUT2D eigenvalue weighted by Gasteiger charge is -2.12. The Labute approximate surface area is 142 Å². The highest BCUT2D eigenvalue weighted by molar-refractivity contribution is 5.69. The Kier molecular flexibility index (Phi) is 15.1. The molecule has 0 aromatic carbocycles. The maximum Gasteiger partial charge on any atom is 0.305 e. The van der Waals surface area contributed by atoms with Crippen LogP contribution in [0, 0.1) is 5.92 Å². The van der Waals surface area contributed by atoms with E-state index in [4.69, 9.17) is 9.47 Å². The van der Waals surface area contributed by atoms with Gasteiger partial charge in [-0.1, -0.05) is 59.3 Å². The van der Waals surface area contributed by atoms with Gasteiger partial charge in [0.2, 0.25) is 0 Å². The third kappa shape index (κ3) is 14.3. The van der Waals surface area contributed by atoms with Crippen molar-refractivity contribution in [2.75, 3.05) is 13.2 Å². The van der Waals surface area contributed by atoms with E-state index in [9.17, 15) is 9.59 Å². The second kappa shape index (κ2) is 15.8. The Hall–Kier alpha value is -1.06. The molecule has 0 spiro atoms. The van der Waals surface area contributed by atoms with Crippen molar-refractivity contribution in [1.29, 1.82) is 0 Å². The molecule has 0 aliphatic carbocycles. The first-order chi connectivity index (χ1) is 11.1. The Morgan fingerprint density at radius 1 is 0.739 bits per heavy atom. The van der Waals surface area contributed by atoms with E-state index in [0.717, 1.165) is 44.9 Å². The molecule has 0 aliphatic rings. The molecule has 0 aromatic heterocycles. The van der Waals surface area contributed by atoms with Crippen molar-refractivity contribution in [2.45, 2.75) is 91.4 Å². The number of unbranched alkanes of at least 4 members (excludes halogenated alkanes) is 5. The Morgan fingerprint density at radius 3 is 1.87 bits per heavy atom. The van der Waals surface area contributed by atoms with Crippen molar-refractivity contribution in [3.63, 3.8) is 0 Å². The lowest BCUT2D eigenvalue weighted by atomic mass is 10.1. The molecule has 4 nitrogen and oxygen atoms in total. The first kappa shape index (κ1) is 21.9. The van der Waals surface area contributed by atoms with Gasteiger partial charge in [-0.05, 0) is 25.2 Å². The smallest absolute Gasteiger partial charge is 0.305 e. The van der Waals surface area contributed by atoms with Gasteiger partial charge in [0.1, 0.15) is 0 Å². The molecule has 0 radical (unpaired) electrons. The van der Waals surface area contributed by atoms with Gasteiger partial charge in [0, 0.05) is 12.8 Å². The summed E-state index contributed by atoms with van der Waals surface area (Å²) in [6, 6.07) is 0. The van der Waals surface area contributed by atoms with Crippen LogP contribution in [-0.4, -0.2) is 25.2 Å². The summed E-state index contributed by atoms with van der Waals surface area (Å²) in [6.45, 7) is 7.47. The summed E-state index contributed by atoms with van der Waals surface area (Å²) in [7, 11) is 0. The fraction of sp³-hybridized carbons (Fsp3) is 0.895. The third-order valence-corrected chi connectivity index (χ3v) is 4.16. The molecule has 0 fully saturated rings. The number of ether oxygens (including phenoxy) is 2. The van der Waals surface area contributed by atoms with Crippen LogP contribution in [0.2, 0.25) is 0 Å². The van der Waals surface area contributed by atoms with E-state index < -0.39 is 0 Å². The molecule has 0 saturated heterocycles. The van der Waals surface area contributed by atoms with Gasteiger partial charge < -0.3 is 9.47 Å². The molecule has 0 aromatic rings. The maximum absolute atomic E-state index is 11.6. The van der Waals surface area contributed by atoms with Gasteiger partial charge in [-0.2, -0.15) is 0 Å². The molecule has 23 heavy (non-hydrogen) atoms. The van der Waals surface area contributed by atoms with Gasteiger partial charge in [0.15, 0.2) is 0 Å². The summed E-state index contributed by atoms with van der Waals surface area (Å²) in [5.74, 6) is 0.249. The Balaban J connectivity index is 3.43. The predicted molar refractivity (Wildman–Crippen MR) is 93.2 cm³/mol. The van der Waals surface area contributed by atoms with Crippen LogP contribution in [0.4, 0.5) is 0 Å². The minimum absolute atomic E-state index is 0.113. The van der Waals surface area contributed by atoms with E-state index >= 15 is 0 Å². The number of carbonyl (C=O) groups excluding carboxylic acids is 2. The minimum atomic E-state index is -0.115. The second-order valence-corrected chi connectivity index (χ2v) is 6.21. The van der Waals surface area contributed by atoms with Crippen molar-refractivity contribution in [3.8, 4) is 0 Å². The number of rotatable bonds is 15. The van der Waals surface area contributed by atoms with Crippen LogP contribution in [0.3, 0.4) is 0 Å². The van der Waals surface area contributed by atoms with Crippen LogP contribution >= 0.6 is 0 Å². The maximum atomic E-state index is 11.6. The van der Waals surface area contributed by atoms with Gasteiger partial charge >= 0.3 is 11.9 Å². The minimum Gasteiger partial charge on any atom is -0.466 e. The molecule has 0 saturated carbocycles. The summed E-state index contributed by atoms with van der Waals surface area (Å²) >= 11 is 0. The average Bonchev–Trinajstić information content (AvgIpc) is 2.55. The van der Waals surface area contributed by atoms with Crippen molar-refractivity contribution >= 4 is 11.9 Å². The first-order valence-electron chi connectivity index (χ1n) is 9.45. The molecule has 0 rings (SSSR count). The van der Waals surface area contributed by atoms with Crippen LogP contribution in [0.5, 0.6) is 0 Å². The van der Waals surface area contributed by atoms with E-state index in [1.54, 1.807) is 0 Å². The SMILES string of the molecule is CCCCCCOC(=O)CCCCCC(=O)OCC(CC)CC. The lowest BCUT2D eigenvalue weighted by Crippen LogP contribution is -2.13. The fourth-order valence-corrected chi connectivity index (χ4v) is 2.31. The molecule has 0 N–H and O–H groups in total. The molecular weight excluding hydrogens is 292 g/mol. The van der Waals surface area contributed by atoms with Gasteiger partial charge in [0.05, 0.1) is 13.2 Å². The molecule has 4 heteroatoms.